The monoisotopic (exact) mass is 258 g/mol. The first kappa shape index (κ1) is 13.5. The highest BCUT2D eigenvalue weighted by atomic mass is 16.5. The molecule has 1 amide bonds. The smallest absolute Gasteiger partial charge is 0.243 e. The molecule has 0 atom stereocenters. The third-order valence-electron chi connectivity index (χ3n) is 3.12. The lowest BCUT2D eigenvalue weighted by atomic mass is 10.1. The number of hydroxylamine groups is 1. The van der Waals surface area contributed by atoms with Gasteiger partial charge in [0.15, 0.2) is 0 Å². The van der Waals surface area contributed by atoms with Crippen LogP contribution in [-0.2, 0) is 11.2 Å². The van der Waals surface area contributed by atoms with Crippen molar-refractivity contribution in [2.75, 3.05) is 0 Å². The number of carbonyl (C=O) groups is 1. The molecule has 1 heterocycles. The Balaban J connectivity index is 1.80. The molecule has 0 saturated heterocycles. The molecule has 0 fully saturated rings. The van der Waals surface area contributed by atoms with Crippen molar-refractivity contribution in [3.8, 4) is 0 Å². The molecule has 4 heteroatoms. The Morgan fingerprint density at radius 2 is 1.95 bits per heavy atom. The summed E-state index contributed by atoms with van der Waals surface area (Å²) in [6, 6.07) is 12.2. The molecule has 0 spiro atoms. The Labute approximate surface area is 112 Å². The highest BCUT2D eigenvalue weighted by Crippen LogP contribution is 2.13. The summed E-state index contributed by atoms with van der Waals surface area (Å²) in [6.07, 6.45) is 4.05. The van der Waals surface area contributed by atoms with E-state index in [1.165, 1.54) is 0 Å². The van der Waals surface area contributed by atoms with Crippen LogP contribution in [0.2, 0.25) is 0 Å². The molecular weight excluding hydrogens is 240 g/mol. The minimum absolute atomic E-state index is 0.316. The number of unbranched alkanes of at least 4 members (excludes halogenated alkanes) is 2. The first-order valence-corrected chi connectivity index (χ1v) is 6.57. The van der Waals surface area contributed by atoms with Gasteiger partial charge in [0.2, 0.25) is 5.91 Å². The Morgan fingerprint density at radius 1 is 1.11 bits per heavy atom. The molecule has 0 saturated carbocycles. The Hall–Kier alpha value is -1.94. The van der Waals surface area contributed by atoms with Crippen molar-refractivity contribution in [1.29, 1.82) is 0 Å². The van der Waals surface area contributed by atoms with Gasteiger partial charge >= 0.3 is 0 Å². The molecular formula is C15H18N2O2. The van der Waals surface area contributed by atoms with Crippen LogP contribution in [0, 0.1) is 0 Å². The fourth-order valence-electron chi connectivity index (χ4n) is 2.07. The van der Waals surface area contributed by atoms with Crippen LogP contribution in [0.4, 0.5) is 0 Å². The Kier molecular flexibility index (Phi) is 4.86. The van der Waals surface area contributed by atoms with E-state index in [1.54, 1.807) is 5.48 Å². The number of rotatable bonds is 6. The van der Waals surface area contributed by atoms with E-state index in [0.717, 1.165) is 42.3 Å². The van der Waals surface area contributed by atoms with Crippen LogP contribution in [0.1, 0.15) is 31.4 Å². The highest BCUT2D eigenvalue weighted by molar-refractivity contribution is 5.78. The average Bonchev–Trinajstić information content (AvgIpc) is 2.46. The second kappa shape index (κ2) is 6.85. The fraction of sp³-hybridized carbons (Fsp3) is 0.333. The number of pyridine rings is 1. The van der Waals surface area contributed by atoms with Gasteiger partial charge in [0.1, 0.15) is 0 Å². The summed E-state index contributed by atoms with van der Waals surface area (Å²) in [5.41, 5.74) is 3.76. The van der Waals surface area contributed by atoms with E-state index in [-0.39, 0.29) is 5.91 Å². The van der Waals surface area contributed by atoms with Crippen molar-refractivity contribution in [3.63, 3.8) is 0 Å². The van der Waals surface area contributed by atoms with E-state index in [9.17, 15) is 4.79 Å². The topological polar surface area (TPSA) is 62.2 Å². The van der Waals surface area contributed by atoms with Crippen molar-refractivity contribution in [1.82, 2.24) is 10.5 Å². The Bertz CT molecular complexity index is 555. The van der Waals surface area contributed by atoms with Crippen LogP contribution >= 0.6 is 0 Å². The molecule has 100 valence electrons. The van der Waals surface area contributed by atoms with Crippen LogP contribution in [0.5, 0.6) is 0 Å². The number of nitrogens with zero attached hydrogens (tertiary/aromatic N) is 1. The summed E-state index contributed by atoms with van der Waals surface area (Å²) in [5, 5.41) is 9.52. The van der Waals surface area contributed by atoms with Crippen molar-refractivity contribution >= 4 is 16.8 Å². The lowest BCUT2D eigenvalue weighted by molar-refractivity contribution is -0.129. The van der Waals surface area contributed by atoms with Crippen LogP contribution in [0.15, 0.2) is 36.4 Å². The van der Waals surface area contributed by atoms with E-state index in [2.05, 4.69) is 23.2 Å². The lowest BCUT2D eigenvalue weighted by Crippen LogP contribution is -2.17. The number of aromatic nitrogens is 1. The van der Waals surface area contributed by atoms with Crippen molar-refractivity contribution in [2.24, 2.45) is 0 Å². The van der Waals surface area contributed by atoms with Gasteiger partial charge in [-0.25, -0.2) is 5.48 Å². The fourth-order valence-corrected chi connectivity index (χ4v) is 2.07. The van der Waals surface area contributed by atoms with Crippen molar-refractivity contribution in [2.45, 2.75) is 32.1 Å². The summed E-state index contributed by atoms with van der Waals surface area (Å²) in [5.74, 6) is -0.316. The molecule has 1 aromatic carbocycles. The maximum absolute atomic E-state index is 10.8. The molecule has 2 rings (SSSR count). The number of hydrogen-bond donors (Lipinski definition) is 2. The molecule has 0 bridgehead atoms. The van der Waals surface area contributed by atoms with Gasteiger partial charge in [-0.15, -0.1) is 0 Å². The predicted molar refractivity (Wildman–Crippen MR) is 73.8 cm³/mol. The van der Waals surface area contributed by atoms with E-state index >= 15 is 0 Å². The van der Waals surface area contributed by atoms with Gasteiger partial charge in [0.05, 0.1) is 5.52 Å². The maximum Gasteiger partial charge on any atom is 0.243 e. The van der Waals surface area contributed by atoms with Crippen LogP contribution < -0.4 is 5.48 Å². The summed E-state index contributed by atoms with van der Waals surface area (Å²) in [4.78, 5) is 15.4. The number of nitrogens with one attached hydrogen (secondary N) is 1. The van der Waals surface area contributed by atoms with E-state index < -0.39 is 0 Å². The number of fused-ring (bicyclic) bond motifs is 1. The predicted octanol–water partition coefficient (Wildman–Crippen LogP) is 2.84. The highest BCUT2D eigenvalue weighted by Gasteiger charge is 2.00. The number of amides is 1. The van der Waals surface area contributed by atoms with Gasteiger partial charge in [-0.1, -0.05) is 30.7 Å². The largest absolute Gasteiger partial charge is 0.289 e. The van der Waals surface area contributed by atoms with Gasteiger partial charge in [-0.2, -0.15) is 0 Å². The molecule has 0 aliphatic carbocycles. The Morgan fingerprint density at radius 3 is 2.79 bits per heavy atom. The summed E-state index contributed by atoms with van der Waals surface area (Å²) >= 11 is 0. The number of benzene rings is 1. The maximum atomic E-state index is 10.8. The van der Waals surface area contributed by atoms with Crippen LogP contribution in [0.3, 0.4) is 0 Å². The van der Waals surface area contributed by atoms with Crippen LogP contribution in [0.25, 0.3) is 10.9 Å². The van der Waals surface area contributed by atoms with Gasteiger partial charge in [-0.05, 0) is 31.4 Å². The molecule has 2 aromatic rings. The third-order valence-corrected chi connectivity index (χ3v) is 3.12. The van der Waals surface area contributed by atoms with E-state index in [1.807, 2.05) is 18.2 Å². The summed E-state index contributed by atoms with van der Waals surface area (Å²) in [7, 11) is 0. The zero-order valence-corrected chi connectivity index (χ0v) is 10.8. The molecule has 0 aliphatic heterocycles. The zero-order valence-electron chi connectivity index (χ0n) is 10.8. The summed E-state index contributed by atoms with van der Waals surface area (Å²) in [6.45, 7) is 0. The third kappa shape index (κ3) is 4.03. The second-order valence-electron chi connectivity index (χ2n) is 4.59. The molecule has 2 N–H and O–H groups in total. The SMILES string of the molecule is O=C(CCCCCc1ccc2ccccc2n1)NO. The zero-order chi connectivity index (χ0) is 13.5. The molecule has 19 heavy (non-hydrogen) atoms. The number of hydrogen-bond acceptors (Lipinski definition) is 3. The molecule has 0 unspecified atom stereocenters. The number of para-hydroxylation sites is 1. The minimum Gasteiger partial charge on any atom is -0.289 e. The average molecular weight is 258 g/mol. The number of aryl methyl sites for hydroxylation is 1. The molecule has 0 radical (unpaired) electrons. The second-order valence-corrected chi connectivity index (χ2v) is 4.59. The van der Waals surface area contributed by atoms with Crippen molar-refractivity contribution < 1.29 is 10.0 Å². The van der Waals surface area contributed by atoms with Gasteiger partial charge < -0.3 is 0 Å². The molecule has 4 nitrogen and oxygen atoms in total. The first-order chi connectivity index (χ1) is 9.29. The quantitative estimate of drug-likeness (QED) is 0.476. The van der Waals surface area contributed by atoms with Crippen LogP contribution in [-0.4, -0.2) is 16.1 Å². The van der Waals surface area contributed by atoms with Gasteiger partial charge in [-0.3, -0.25) is 15.0 Å². The lowest BCUT2D eigenvalue weighted by Gasteiger charge is -2.03. The molecule has 1 aromatic heterocycles. The van der Waals surface area contributed by atoms with E-state index in [0.29, 0.717) is 6.42 Å². The van der Waals surface area contributed by atoms with Gasteiger partial charge in [0, 0.05) is 17.5 Å². The standard InChI is InChI=1S/C15H18N2O2/c18-15(17-19)9-3-1-2-7-13-11-10-12-6-4-5-8-14(12)16-13/h4-6,8,10-11,19H,1-3,7,9H2,(H,17,18). The number of carbonyl (C=O) groups excluding carboxylic acids is 1. The molecule has 0 aliphatic rings. The van der Waals surface area contributed by atoms with Crippen molar-refractivity contribution in [3.05, 3.63) is 42.1 Å². The normalized spacial score (nSPS) is 10.6. The first-order valence-electron chi connectivity index (χ1n) is 6.57. The van der Waals surface area contributed by atoms with Gasteiger partial charge in [0.25, 0.3) is 0 Å². The minimum atomic E-state index is -0.316. The van der Waals surface area contributed by atoms with E-state index in [4.69, 9.17) is 5.21 Å². The summed E-state index contributed by atoms with van der Waals surface area (Å²) < 4.78 is 0.